The molecule has 1 saturated heterocycles. The van der Waals surface area contributed by atoms with Crippen molar-refractivity contribution in [1.29, 1.82) is 0 Å². The van der Waals surface area contributed by atoms with Crippen LogP contribution in [-0.4, -0.2) is 227 Å². The Morgan fingerprint density at radius 1 is 0.460 bits per heavy atom. The first-order valence-corrected chi connectivity index (χ1v) is 31.6. The summed E-state index contributed by atoms with van der Waals surface area (Å²) in [6.45, 7) is 33.3. The molecule has 0 aromatic heterocycles. The van der Waals surface area contributed by atoms with E-state index in [1.165, 1.54) is 87.7 Å². The molecule has 12 unspecified atom stereocenters. The van der Waals surface area contributed by atoms with Gasteiger partial charge in [-0.25, -0.2) is 0 Å². The fourth-order valence-electron chi connectivity index (χ4n) is 10.7. The Morgan fingerprint density at radius 2 is 0.862 bits per heavy atom. The number of allylic oxidation sites excluding steroid dienone is 2. The Balaban J connectivity index is 0.0000366. The minimum atomic E-state index is -1.61. The third-order valence-electron chi connectivity index (χ3n) is 16.1. The summed E-state index contributed by atoms with van der Waals surface area (Å²) in [5.41, 5.74) is 0. The van der Waals surface area contributed by atoms with Gasteiger partial charge in [-0.2, -0.15) is 0 Å². The second-order valence-electron chi connectivity index (χ2n) is 26.1. The average molecular weight is 1230 g/mol. The number of hydrogen-bond acceptors (Lipinski definition) is 12. The minimum Gasteiger partial charge on any atom is -0.390 e. The summed E-state index contributed by atoms with van der Waals surface area (Å²) >= 11 is 0. The van der Waals surface area contributed by atoms with Crippen LogP contribution in [0.2, 0.25) is 0 Å². The van der Waals surface area contributed by atoms with E-state index in [9.17, 15) is 48.3 Å². The Labute approximate surface area is 522 Å². The number of carbonyl (C=O) groups excluding carboxylic acids is 11. The second-order valence-corrected chi connectivity index (χ2v) is 26.1. The molecule has 11 amide bonds. The largest absolute Gasteiger partial charge is 0.390 e. The van der Waals surface area contributed by atoms with E-state index in [0.29, 0.717) is 6.42 Å². The molecule has 23 nitrogen and oxygen atoms in total. The first-order chi connectivity index (χ1) is 40.2. The molecule has 0 saturated carbocycles. The van der Waals surface area contributed by atoms with E-state index in [0.717, 1.165) is 9.80 Å². The number of aliphatic hydroxyl groups is 1. The van der Waals surface area contributed by atoms with Gasteiger partial charge in [0.25, 0.3) is 0 Å². The maximum atomic E-state index is 15.1. The molecule has 1 aliphatic rings. The highest BCUT2D eigenvalue weighted by molar-refractivity contribution is 5.99. The number of nitrogens with one attached hydrogen (secondary N) is 4. The van der Waals surface area contributed by atoms with Gasteiger partial charge in [0.2, 0.25) is 65.0 Å². The van der Waals surface area contributed by atoms with Crippen LogP contribution in [0.5, 0.6) is 0 Å². The van der Waals surface area contributed by atoms with Gasteiger partial charge in [0, 0.05) is 49.3 Å². The quantitative estimate of drug-likeness (QED) is 0.144. The van der Waals surface area contributed by atoms with Crippen LogP contribution < -0.4 is 21.3 Å². The smallest absolute Gasteiger partial charge is 0.246 e. The number of amides is 11. The van der Waals surface area contributed by atoms with E-state index in [2.05, 4.69) is 21.3 Å². The van der Waals surface area contributed by atoms with Crippen molar-refractivity contribution in [3.05, 3.63) is 12.2 Å². The van der Waals surface area contributed by atoms with Crippen LogP contribution in [0.15, 0.2) is 12.2 Å². The molecule has 1 fully saturated rings. The van der Waals surface area contributed by atoms with Crippen LogP contribution >= 0.6 is 0 Å². The Bertz CT molecular complexity index is 2330. The van der Waals surface area contributed by atoms with Gasteiger partial charge in [-0.3, -0.25) is 52.7 Å². The SMILES string of the molecule is C/C=C/CC(C)C(O)C1C(=O)NC(CC)C(=O)N(C)CC(=O)N(C)C(CC(C)C)C(=O)NC(C(C)C)C(=O)N(C)C(CC(C)C)C(=O)NC(C)C(=O)NC(C)C(=O)N(C)C(CC(C)C)C(=O)N(C)C(CC(C)C)C(=O)N(C)C(C(C)C)C(=O)N1C.CC. The number of likely N-dealkylation sites (N-methyl/N-ethyl adjacent to an activating group) is 7. The minimum absolute atomic E-state index is 0.0229. The average Bonchev–Trinajstić information content (AvgIpc) is 1.33. The predicted octanol–water partition coefficient (Wildman–Crippen LogP) is 4.30. The lowest BCUT2D eigenvalue weighted by molar-refractivity contribution is -0.157. The molecule has 0 aromatic rings. The molecule has 0 bridgehead atoms. The van der Waals surface area contributed by atoms with Gasteiger partial charge in [0.05, 0.1) is 12.6 Å². The number of hydrogen-bond donors (Lipinski definition) is 5. The topological polar surface area (TPSA) is 279 Å². The van der Waals surface area contributed by atoms with E-state index in [-0.39, 0.29) is 55.8 Å². The molecule has 1 heterocycles. The van der Waals surface area contributed by atoms with E-state index in [1.54, 1.807) is 54.5 Å². The van der Waals surface area contributed by atoms with Crippen molar-refractivity contribution >= 4 is 65.0 Å². The lowest BCUT2D eigenvalue weighted by atomic mass is 9.91. The van der Waals surface area contributed by atoms with Crippen molar-refractivity contribution in [2.24, 2.45) is 41.4 Å². The van der Waals surface area contributed by atoms with E-state index < -0.39 is 156 Å². The van der Waals surface area contributed by atoms with Crippen LogP contribution in [-0.2, 0) is 52.7 Å². The third-order valence-corrected chi connectivity index (χ3v) is 16.1. The normalized spacial score (nSPS) is 26.4. The third kappa shape index (κ3) is 23.4. The van der Waals surface area contributed by atoms with Gasteiger partial charge >= 0.3 is 0 Å². The lowest BCUT2D eigenvalue weighted by Crippen LogP contribution is -2.63. The van der Waals surface area contributed by atoms with Crippen LogP contribution in [0.3, 0.4) is 0 Å². The first-order valence-electron chi connectivity index (χ1n) is 31.6. The van der Waals surface area contributed by atoms with Crippen molar-refractivity contribution in [2.45, 2.75) is 237 Å². The summed E-state index contributed by atoms with van der Waals surface area (Å²) in [5, 5.41) is 23.1. The van der Waals surface area contributed by atoms with Crippen LogP contribution in [0, 0.1) is 41.4 Å². The van der Waals surface area contributed by atoms with Gasteiger partial charge in [-0.1, -0.05) is 123 Å². The summed E-state index contributed by atoms with van der Waals surface area (Å²) in [5.74, 6) is -9.71. The van der Waals surface area contributed by atoms with Crippen molar-refractivity contribution in [3.8, 4) is 0 Å². The van der Waals surface area contributed by atoms with Gasteiger partial charge in [0.1, 0.15) is 60.4 Å². The van der Waals surface area contributed by atoms with Gasteiger partial charge in [-0.15, -0.1) is 0 Å². The molecule has 1 rings (SSSR count). The number of nitrogens with zero attached hydrogens (tertiary/aromatic N) is 7. The maximum absolute atomic E-state index is 15.1. The molecule has 1 aliphatic heterocycles. The number of carbonyl (C=O) groups is 11. The molecule has 0 radical (unpaired) electrons. The molecule has 23 heteroatoms. The summed E-state index contributed by atoms with van der Waals surface area (Å²) in [6.07, 6.45) is 3.04. The highest BCUT2D eigenvalue weighted by Crippen LogP contribution is 2.26. The van der Waals surface area contributed by atoms with Crippen molar-refractivity contribution in [1.82, 2.24) is 55.6 Å². The zero-order valence-electron chi connectivity index (χ0n) is 58.1. The van der Waals surface area contributed by atoms with Crippen LogP contribution in [0.1, 0.15) is 170 Å². The Hall–Kier alpha value is -6.13. The summed E-state index contributed by atoms with van der Waals surface area (Å²) in [7, 11) is 9.92. The van der Waals surface area contributed by atoms with Crippen molar-refractivity contribution < 1.29 is 57.8 Å². The van der Waals surface area contributed by atoms with Crippen LogP contribution in [0.25, 0.3) is 0 Å². The Morgan fingerprint density at radius 3 is 1.30 bits per heavy atom. The van der Waals surface area contributed by atoms with Crippen LogP contribution in [0.4, 0.5) is 0 Å². The Kier molecular flexibility index (Phi) is 35.0. The summed E-state index contributed by atoms with van der Waals surface area (Å²) in [4.78, 5) is 169. The molecule has 0 spiro atoms. The van der Waals surface area contributed by atoms with Crippen molar-refractivity contribution in [2.75, 3.05) is 55.9 Å². The molecule has 0 aliphatic carbocycles. The molecule has 12 atom stereocenters. The van der Waals surface area contributed by atoms with E-state index in [1.807, 2.05) is 75.3 Å². The number of rotatable bonds is 15. The molecule has 5 N–H and O–H groups in total. The zero-order chi connectivity index (χ0) is 68.0. The van der Waals surface area contributed by atoms with Crippen molar-refractivity contribution in [3.63, 3.8) is 0 Å². The monoisotopic (exact) mass is 1230 g/mol. The van der Waals surface area contributed by atoms with E-state index >= 15 is 9.59 Å². The summed E-state index contributed by atoms with van der Waals surface area (Å²) in [6, 6.07) is -12.3. The zero-order valence-corrected chi connectivity index (χ0v) is 58.1. The standard InChI is InChI=1S/C62H111N11O12.C2H6/c1-25-27-28-40(15)52(75)51-56(79)65-43(26-2)58(81)67(18)33-48(74)68(19)44(29-34(3)4)55(78)66-49(38(11)12)61(84)69(20)45(30-35(5)6)54(77)63-41(16)53(76)64-42(17)57(80)70(21)46(31-36(7)8)59(82)71(22)47(32-37(9)10)60(83)72(23)50(39(13)14)62(85)73(51)24;1-2/h25,27,34-47,49-52,75H,26,28-33H2,1-24H3,(H,63,77)(H,64,76)(H,65,79)(H,66,78);1-2H3/b27-25+;. The molecule has 500 valence electrons. The molecule has 0 aromatic carbocycles. The maximum Gasteiger partial charge on any atom is 0.246 e. The first kappa shape index (κ1) is 80.9. The second kappa shape index (κ2) is 37.7. The lowest BCUT2D eigenvalue weighted by Gasteiger charge is -2.41. The predicted molar refractivity (Wildman–Crippen MR) is 340 cm³/mol. The number of aliphatic hydroxyl groups excluding tert-OH is 1. The highest BCUT2D eigenvalue weighted by atomic mass is 16.3. The van der Waals surface area contributed by atoms with Gasteiger partial charge in [0.15, 0.2) is 0 Å². The fraction of sp³-hybridized carbons (Fsp3) is 0.797. The molecule has 87 heavy (non-hydrogen) atoms. The fourth-order valence-corrected chi connectivity index (χ4v) is 10.7. The highest BCUT2D eigenvalue weighted by Gasteiger charge is 2.45. The summed E-state index contributed by atoms with van der Waals surface area (Å²) < 4.78 is 0. The van der Waals surface area contributed by atoms with Gasteiger partial charge < -0.3 is 60.7 Å². The van der Waals surface area contributed by atoms with E-state index in [4.69, 9.17) is 0 Å². The van der Waals surface area contributed by atoms with Gasteiger partial charge in [-0.05, 0) is 101 Å². The molecular formula is C64H117N11O12. The molecular weight excluding hydrogens is 1110 g/mol.